The van der Waals surface area contributed by atoms with Gasteiger partial charge in [-0.05, 0) is 50.1 Å². The van der Waals surface area contributed by atoms with E-state index < -0.39 is 0 Å². The van der Waals surface area contributed by atoms with Crippen molar-refractivity contribution in [2.75, 3.05) is 5.32 Å². The fourth-order valence-corrected chi connectivity index (χ4v) is 3.31. The van der Waals surface area contributed by atoms with E-state index in [1.807, 2.05) is 44.2 Å². The van der Waals surface area contributed by atoms with Crippen molar-refractivity contribution in [2.45, 2.75) is 31.2 Å². The third-order valence-corrected chi connectivity index (χ3v) is 5.02. The number of hydrogen-bond acceptors (Lipinski definition) is 5. The minimum absolute atomic E-state index is 0.116. The zero-order valence-corrected chi connectivity index (χ0v) is 16.2. The average Bonchev–Trinajstić information content (AvgIpc) is 3.06. The van der Waals surface area contributed by atoms with E-state index in [4.69, 9.17) is 16.0 Å². The second kappa shape index (κ2) is 7.93. The summed E-state index contributed by atoms with van der Waals surface area (Å²) in [6.07, 6.45) is 0. The largest absolute Gasteiger partial charge is 0.411 e. The molecule has 5 nitrogen and oxygen atoms in total. The minimum Gasteiger partial charge on any atom is -0.411 e. The van der Waals surface area contributed by atoms with E-state index in [2.05, 4.69) is 15.5 Å². The smallest absolute Gasteiger partial charge is 0.277 e. The Morgan fingerprint density at radius 3 is 2.54 bits per heavy atom. The summed E-state index contributed by atoms with van der Waals surface area (Å²) in [6, 6.07) is 13.1. The average molecular weight is 388 g/mol. The second-order valence-electron chi connectivity index (χ2n) is 5.90. The highest BCUT2D eigenvalue weighted by atomic mass is 35.5. The molecule has 0 aliphatic carbocycles. The number of para-hydroxylation sites is 1. The Morgan fingerprint density at radius 2 is 1.85 bits per heavy atom. The van der Waals surface area contributed by atoms with Crippen LogP contribution in [0.25, 0.3) is 11.5 Å². The van der Waals surface area contributed by atoms with E-state index in [-0.39, 0.29) is 11.2 Å². The molecule has 26 heavy (non-hydrogen) atoms. The summed E-state index contributed by atoms with van der Waals surface area (Å²) in [4.78, 5) is 12.5. The molecule has 0 saturated heterocycles. The van der Waals surface area contributed by atoms with E-state index in [1.165, 1.54) is 11.8 Å². The van der Waals surface area contributed by atoms with Crippen LogP contribution in [0.4, 0.5) is 5.69 Å². The lowest BCUT2D eigenvalue weighted by atomic mass is 10.1. The Bertz CT molecular complexity index is 922. The summed E-state index contributed by atoms with van der Waals surface area (Å²) in [7, 11) is 0. The molecule has 1 atom stereocenters. The second-order valence-corrected chi connectivity index (χ2v) is 7.63. The van der Waals surface area contributed by atoms with Crippen LogP contribution in [-0.4, -0.2) is 21.4 Å². The third-order valence-electron chi connectivity index (χ3n) is 3.85. The van der Waals surface area contributed by atoms with Gasteiger partial charge in [-0.3, -0.25) is 4.79 Å². The van der Waals surface area contributed by atoms with Gasteiger partial charge < -0.3 is 9.73 Å². The predicted molar refractivity (Wildman–Crippen MR) is 105 cm³/mol. The molecule has 0 bridgehead atoms. The van der Waals surface area contributed by atoms with E-state index in [0.29, 0.717) is 16.1 Å². The van der Waals surface area contributed by atoms with Gasteiger partial charge in [-0.15, -0.1) is 10.2 Å². The van der Waals surface area contributed by atoms with Gasteiger partial charge in [0, 0.05) is 16.3 Å². The van der Waals surface area contributed by atoms with Crippen molar-refractivity contribution in [2.24, 2.45) is 0 Å². The van der Waals surface area contributed by atoms with Gasteiger partial charge in [0.15, 0.2) is 0 Å². The van der Waals surface area contributed by atoms with E-state index >= 15 is 0 Å². The van der Waals surface area contributed by atoms with E-state index in [9.17, 15) is 4.79 Å². The fraction of sp³-hybridized carbons (Fsp3) is 0.211. The zero-order valence-electron chi connectivity index (χ0n) is 14.6. The normalized spacial score (nSPS) is 12.0. The van der Waals surface area contributed by atoms with Crippen LogP contribution in [0, 0.1) is 13.8 Å². The van der Waals surface area contributed by atoms with Gasteiger partial charge in [-0.1, -0.05) is 47.6 Å². The standard InChI is InChI=1S/C19H18ClN3O2S/c1-11-6-4-7-12(2)16(11)21-17(24)13(3)26-19-23-22-18(25-19)14-8-5-9-15(20)10-14/h4-10,13H,1-3H3,(H,21,24)/t13-/m0/s1. The molecule has 1 N–H and O–H groups in total. The van der Waals surface area contributed by atoms with Crippen molar-refractivity contribution in [3.63, 3.8) is 0 Å². The molecule has 3 rings (SSSR count). The van der Waals surface area contributed by atoms with Crippen LogP contribution in [0.15, 0.2) is 52.1 Å². The topological polar surface area (TPSA) is 68.0 Å². The number of amides is 1. The van der Waals surface area contributed by atoms with E-state index in [1.54, 1.807) is 19.1 Å². The van der Waals surface area contributed by atoms with Crippen LogP contribution >= 0.6 is 23.4 Å². The van der Waals surface area contributed by atoms with Crippen molar-refractivity contribution in [1.29, 1.82) is 0 Å². The minimum atomic E-state index is -0.387. The number of anilines is 1. The highest BCUT2D eigenvalue weighted by Crippen LogP contribution is 2.28. The lowest BCUT2D eigenvalue weighted by Crippen LogP contribution is -2.23. The van der Waals surface area contributed by atoms with Crippen molar-refractivity contribution in [1.82, 2.24) is 10.2 Å². The molecule has 3 aromatic rings. The Hall–Kier alpha value is -2.31. The molecular weight excluding hydrogens is 370 g/mol. The quantitative estimate of drug-likeness (QED) is 0.615. The van der Waals surface area contributed by atoms with Crippen molar-refractivity contribution < 1.29 is 9.21 Å². The molecule has 7 heteroatoms. The van der Waals surface area contributed by atoms with Crippen molar-refractivity contribution >= 4 is 35.0 Å². The van der Waals surface area contributed by atoms with Crippen molar-refractivity contribution in [3.8, 4) is 11.5 Å². The van der Waals surface area contributed by atoms with Gasteiger partial charge in [0.05, 0.1) is 5.25 Å². The maximum absolute atomic E-state index is 12.5. The zero-order chi connectivity index (χ0) is 18.7. The van der Waals surface area contributed by atoms with Gasteiger partial charge in [-0.2, -0.15) is 0 Å². The number of carbonyl (C=O) groups excluding carboxylic acids is 1. The molecule has 0 aliphatic rings. The molecule has 0 radical (unpaired) electrons. The molecule has 1 heterocycles. The summed E-state index contributed by atoms with van der Waals surface area (Å²) in [6.45, 7) is 5.74. The number of nitrogens with one attached hydrogen (secondary N) is 1. The number of aryl methyl sites for hydroxylation is 2. The van der Waals surface area contributed by atoms with Crippen LogP contribution in [0.3, 0.4) is 0 Å². The van der Waals surface area contributed by atoms with E-state index in [0.717, 1.165) is 22.4 Å². The summed E-state index contributed by atoms with van der Waals surface area (Å²) in [5, 5.41) is 11.6. The SMILES string of the molecule is Cc1cccc(C)c1NC(=O)[C@H](C)Sc1nnc(-c2cccc(Cl)c2)o1. The first-order valence-electron chi connectivity index (χ1n) is 8.07. The number of hydrogen-bond donors (Lipinski definition) is 1. The lowest BCUT2D eigenvalue weighted by Gasteiger charge is -2.14. The number of aromatic nitrogens is 2. The van der Waals surface area contributed by atoms with Gasteiger partial charge in [0.1, 0.15) is 0 Å². The summed E-state index contributed by atoms with van der Waals surface area (Å²) in [5.41, 5.74) is 3.63. The monoisotopic (exact) mass is 387 g/mol. The van der Waals surface area contributed by atoms with Crippen LogP contribution in [0.5, 0.6) is 0 Å². The predicted octanol–water partition coefficient (Wildman–Crippen LogP) is 5.13. The Kier molecular flexibility index (Phi) is 5.64. The summed E-state index contributed by atoms with van der Waals surface area (Å²) in [5.74, 6) is 0.257. The molecule has 2 aromatic carbocycles. The van der Waals surface area contributed by atoms with Crippen molar-refractivity contribution in [3.05, 3.63) is 58.6 Å². The Balaban J connectivity index is 1.68. The first kappa shape index (κ1) is 18.5. The number of nitrogens with zero attached hydrogens (tertiary/aromatic N) is 2. The molecule has 0 unspecified atom stereocenters. The molecule has 0 aliphatic heterocycles. The summed E-state index contributed by atoms with van der Waals surface area (Å²) >= 11 is 7.20. The van der Waals surface area contributed by atoms with Gasteiger partial charge in [0.25, 0.3) is 5.22 Å². The number of halogens is 1. The molecule has 1 aromatic heterocycles. The number of rotatable bonds is 5. The number of thioether (sulfide) groups is 1. The van der Waals surface area contributed by atoms with Gasteiger partial charge in [0.2, 0.25) is 11.8 Å². The number of carbonyl (C=O) groups is 1. The highest BCUT2D eigenvalue weighted by molar-refractivity contribution is 8.00. The molecule has 134 valence electrons. The molecule has 0 spiro atoms. The lowest BCUT2D eigenvalue weighted by molar-refractivity contribution is -0.115. The maximum atomic E-state index is 12.5. The van der Waals surface area contributed by atoms with Gasteiger partial charge in [-0.25, -0.2) is 0 Å². The van der Waals surface area contributed by atoms with Crippen LogP contribution < -0.4 is 5.32 Å². The van der Waals surface area contributed by atoms with Crippen LogP contribution in [0.2, 0.25) is 5.02 Å². The molecule has 0 fully saturated rings. The molecule has 0 saturated carbocycles. The maximum Gasteiger partial charge on any atom is 0.277 e. The van der Waals surface area contributed by atoms with Crippen LogP contribution in [-0.2, 0) is 4.79 Å². The number of benzene rings is 2. The Labute approximate surface area is 161 Å². The summed E-state index contributed by atoms with van der Waals surface area (Å²) < 4.78 is 5.65. The van der Waals surface area contributed by atoms with Gasteiger partial charge >= 0.3 is 0 Å². The third kappa shape index (κ3) is 4.26. The van der Waals surface area contributed by atoms with Crippen LogP contribution in [0.1, 0.15) is 18.1 Å². The first-order valence-corrected chi connectivity index (χ1v) is 9.33. The fourth-order valence-electron chi connectivity index (χ4n) is 2.44. The Morgan fingerprint density at radius 1 is 1.15 bits per heavy atom. The molecule has 1 amide bonds. The highest BCUT2D eigenvalue weighted by Gasteiger charge is 2.20. The first-order chi connectivity index (χ1) is 12.4. The molecular formula is C19H18ClN3O2S.